The van der Waals surface area contributed by atoms with E-state index in [1.807, 2.05) is 62.4 Å². The monoisotopic (exact) mass is 497 g/mol. The number of hydrogen-bond acceptors (Lipinski definition) is 4. The average Bonchev–Trinajstić information content (AvgIpc) is 2.83. The Morgan fingerprint density at radius 2 is 1.50 bits per heavy atom. The van der Waals surface area contributed by atoms with Gasteiger partial charge in [-0.2, -0.15) is 5.10 Å². The topological polar surface area (TPSA) is 79.8 Å². The summed E-state index contributed by atoms with van der Waals surface area (Å²) >= 11 is 11.8. The predicted molar refractivity (Wildman–Crippen MR) is 136 cm³/mol. The summed E-state index contributed by atoms with van der Waals surface area (Å²) in [4.78, 5) is 25.1. The van der Waals surface area contributed by atoms with Gasteiger partial charge < -0.3 is 10.1 Å². The number of amides is 2. The van der Waals surface area contributed by atoms with Gasteiger partial charge in [0.15, 0.2) is 0 Å². The number of carbonyl (C=O) groups excluding carboxylic acids is 2. The maximum atomic E-state index is 12.6. The molecule has 0 aliphatic rings. The van der Waals surface area contributed by atoms with Crippen LogP contribution in [0.15, 0.2) is 77.9 Å². The number of hydrogen-bond donors (Lipinski definition) is 2. The first-order valence-electron chi connectivity index (χ1n) is 10.7. The summed E-state index contributed by atoms with van der Waals surface area (Å²) in [6.07, 6.45) is 1.53. The van der Waals surface area contributed by atoms with Crippen LogP contribution in [0.4, 0.5) is 0 Å². The molecule has 34 heavy (non-hydrogen) atoms. The molecule has 1 unspecified atom stereocenters. The molecule has 0 saturated heterocycles. The van der Waals surface area contributed by atoms with E-state index in [1.54, 1.807) is 24.3 Å². The molecule has 0 aliphatic heterocycles. The third-order valence-electron chi connectivity index (χ3n) is 4.93. The predicted octanol–water partition coefficient (Wildman–Crippen LogP) is 5.48. The van der Waals surface area contributed by atoms with E-state index in [2.05, 4.69) is 15.8 Å². The third-order valence-corrected chi connectivity index (χ3v) is 5.43. The summed E-state index contributed by atoms with van der Waals surface area (Å²) in [6.45, 7) is 4.12. The number of halogens is 2. The van der Waals surface area contributed by atoms with Gasteiger partial charge in [0.1, 0.15) is 18.4 Å². The lowest BCUT2D eigenvalue weighted by atomic mass is 10.0. The van der Waals surface area contributed by atoms with Crippen molar-refractivity contribution in [3.05, 3.63) is 99.5 Å². The van der Waals surface area contributed by atoms with Crippen molar-refractivity contribution in [3.8, 4) is 5.75 Å². The van der Waals surface area contributed by atoms with Crippen molar-refractivity contribution in [1.82, 2.24) is 10.7 Å². The molecule has 0 bridgehead atoms. The summed E-state index contributed by atoms with van der Waals surface area (Å²) in [5.41, 5.74) is 4.72. The minimum atomic E-state index is -0.746. The molecule has 8 heteroatoms. The molecule has 2 N–H and O–H groups in total. The second kappa shape index (κ2) is 12.2. The molecule has 0 fully saturated rings. The standard InChI is InChI=1S/C26H25Cl2N3O3/c1-17(2)24(30-25(32)20-7-11-22(28)12-8-20)26(33)31-29-15-18-5-13-23(14-6-18)34-16-19-3-9-21(27)10-4-19/h3-15,17,24H,16H2,1-2H3,(H,30,32)(H,31,33). The largest absolute Gasteiger partial charge is 0.489 e. The maximum Gasteiger partial charge on any atom is 0.262 e. The Balaban J connectivity index is 1.52. The van der Waals surface area contributed by atoms with Crippen LogP contribution in [0.1, 0.15) is 35.3 Å². The van der Waals surface area contributed by atoms with Gasteiger partial charge in [-0.1, -0.05) is 49.2 Å². The van der Waals surface area contributed by atoms with E-state index < -0.39 is 11.9 Å². The smallest absolute Gasteiger partial charge is 0.262 e. The van der Waals surface area contributed by atoms with E-state index in [-0.39, 0.29) is 11.8 Å². The van der Waals surface area contributed by atoms with Gasteiger partial charge in [0.25, 0.3) is 11.8 Å². The van der Waals surface area contributed by atoms with Crippen molar-refractivity contribution in [2.24, 2.45) is 11.0 Å². The van der Waals surface area contributed by atoms with Crippen molar-refractivity contribution >= 4 is 41.2 Å². The summed E-state index contributed by atoms with van der Waals surface area (Å²) in [7, 11) is 0. The van der Waals surface area contributed by atoms with E-state index in [0.717, 1.165) is 11.1 Å². The lowest BCUT2D eigenvalue weighted by Crippen LogP contribution is -2.48. The van der Waals surface area contributed by atoms with Crippen LogP contribution in [0.3, 0.4) is 0 Å². The Bertz CT molecular complexity index is 1130. The molecule has 176 valence electrons. The number of benzene rings is 3. The van der Waals surface area contributed by atoms with Gasteiger partial charge in [-0.05, 0) is 77.7 Å². The Kier molecular flexibility index (Phi) is 9.08. The highest BCUT2D eigenvalue weighted by atomic mass is 35.5. The first-order valence-corrected chi connectivity index (χ1v) is 11.4. The van der Waals surface area contributed by atoms with Crippen LogP contribution < -0.4 is 15.5 Å². The second-order valence-electron chi connectivity index (χ2n) is 7.92. The zero-order chi connectivity index (χ0) is 24.5. The molecule has 0 heterocycles. The number of rotatable bonds is 9. The molecule has 1 atom stereocenters. The van der Waals surface area contributed by atoms with Crippen molar-refractivity contribution in [2.45, 2.75) is 26.5 Å². The number of ether oxygens (including phenoxy) is 1. The molecule has 0 saturated carbocycles. The van der Waals surface area contributed by atoms with E-state index in [0.29, 0.717) is 28.0 Å². The van der Waals surface area contributed by atoms with Crippen LogP contribution in [0.2, 0.25) is 10.0 Å². The zero-order valence-electron chi connectivity index (χ0n) is 18.8. The lowest BCUT2D eigenvalue weighted by molar-refractivity contribution is -0.123. The van der Waals surface area contributed by atoms with Crippen LogP contribution in [0.25, 0.3) is 0 Å². The number of carbonyl (C=O) groups is 2. The summed E-state index contributed by atoms with van der Waals surface area (Å²) in [5, 5.41) is 7.98. The minimum Gasteiger partial charge on any atom is -0.489 e. The van der Waals surface area contributed by atoms with Gasteiger partial charge in [-0.25, -0.2) is 5.43 Å². The number of nitrogens with zero attached hydrogens (tertiary/aromatic N) is 1. The molecule has 2 amide bonds. The number of nitrogens with one attached hydrogen (secondary N) is 2. The molecule has 3 aromatic rings. The summed E-state index contributed by atoms with van der Waals surface area (Å²) in [6, 6.07) is 20.5. The van der Waals surface area contributed by atoms with Crippen molar-refractivity contribution < 1.29 is 14.3 Å². The SMILES string of the molecule is CC(C)C(NC(=O)c1ccc(Cl)cc1)C(=O)NN=Cc1ccc(OCc2ccc(Cl)cc2)cc1. The highest BCUT2D eigenvalue weighted by Crippen LogP contribution is 2.15. The molecule has 0 spiro atoms. The summed E-state index contributed by atoms with van der Waals surface area (Å²) < 4.78 is 5.76. The average molecular weight is 498 g/mol. The van der Waals surface area contributed by atoms with Gasteiger partial charge in [-0.15, -0.1) is 0 Å². The van der Waals surface area contributed by atoms with Crippen LogP contribution in [0, 0.1) is 5.92 Å². The minimum absolute atomic E-state index is 0.136. The van der Waals surface area contributed by atoms with Crippen LogP contribution in [-0.4, -0.2) is 24.1 Å². The lowest BCUT2D eigenvalue weighted by Gasteiger charge is -2.20. The molecule has 0 aliphatic carbocycles. The zero-order valence-corrected chi connectivity index (χ0v) is 20.3. The van der Waals surface area contributed by atoms with Crippen molar-refractivity contribution in [1.29, 1.82) is 0 Å². The molecular formula is C26H25Cl2N3O3. The fourth-order valence-corrected chi connectivity index (χ4v) is 3.25. The van der Waals surface area contributed by atoms with Crippen molar-refractivity contribution in [3.63, 3.8) is 0 Å². The molecule has 0 aromatic heterocycles. The second-order valence-corrected chi connectivity index (χ2v) is 8.79. The Morgan fingerprint density at radius 3 is 2.09 bits per heavy atom. The van der Waals surface area contributed by atoms with Gasteiger partial charge in [-0.3, -0.25) is 9.59 Å². The Morgan fingerprint density at radius 1 is 0.912 bits per heavy atom. The summed E-state index contributed by atoms with van der Waals surface area (Å²) in [5.74, 6) is -0.190. The van der Waals surface area contributed by atoms with Gasteiger partial charge in [0, 0.05) is 15.6 Å². The van der Waals surface area contributed by atoms with Gasteiger partial charge in [0.2, 0.25) is 0 Å². The molecular weight excluding hydrogens is 473 g/mol. The first kappa shape index (κ1) is 25.3. The van der Waals surface area contributed by atoms with E-state index in [9.17, 15) is 9.59 Å². The normalized spacial score (nSPS) is 11.9. The molecule has 6 nitrogen and oxygen atoms in total. The molecule has 3 aromatic carbocycles. The van der Waals surface area contributed by atoms with E-state index in [1.165, 1.54) is 6.21 Å². The van der Waals surface area contributed by atoms with Crippen molar-refractivity contribution in [2.75, 3.05) is 0 Å². The highest BCUT2D eigenvalue weighted by Gasteiger charge is 2.24. The fourth-order valence-electron chi connectivity index (χ4n) is 3.00. The first-order chi connectivity index (χ1) is 16.3. The highest BCUT2D eigenvalue weighted by molar-refractivity contribution is 6.30. The fraction of sp³-hybridized carbons (Fsp3) is 0.192. The Hall–Kier alpha value is -3.35. The van der Waals surface area contributed by atoms with Gasteiger partial charge in [0.05, 0.1) is 6.21 Å². The molecule has 0 radical (unpaired) electrons. The van der Waals surface area contributed by atoms with Crippen LogP contribution in [0.5, 0.6) is 5.75 Å². The third kappa shape index (κ3) is 7.61. The number of hydrazone groups is 1. The molecule has 3 rings (SSSR count). The maximum absolute atomic E-state index is 12.6. The van der Waals surface area contributed by atoms with Crippen LogP contribution in [-0.2, 0) is 11.4 Å². The quantitative estimate of drug-likeness (QED) is 0.303. The van der Waals surface area contributed by atoms with E-state index in [4.69, 9.17) is 27.9 Å². The van der Waals surface area contributed by atoms with Crippen LogP contribution >= 0.6 is 23.2 Å². The van der Waals surface area contributed by atoms with E-state index >= 15 is 0 Å². The van der Waals surface area contributed by atoms with Gasteiger partial charge >= 0.3 is 0 Å². The Labute approximate surface area is 208 Å².